The third-order valence-corrected chi connectivity index (χ3v) is 4.70. The van der Waals surface area contributed by atoms with Crippen LogP contribution in [0.4, 0.5) is 0 Å². The molecule has 0 amide bonds. The molecule has 0 bridgehead atoms. The van der Waals surface area contributed by atoms with E-state index in [0.29, 0.717) is 28.2 Å². The van der Waals surface area contributed by atoms with Gasteiger partial charge >= 0.3 is 5.97 Å². The summed E-state index contributed by atoms with van der Waals surface area (Å²) in [5, 5.41) is 9.82. The smallest absolute Gasteiger partial charge is 0.321 e. The van der Waals surface area contributed by atoms with Crippen LogP contribution >= 0.6 is 35.0 Å². The van der Waals surface area contributed by atoms with E-state index in [1.807, 2.05) is 0 Å². The van der Waals surface area contributed by atoms with E-state index in [2.05, 4.69) is 0 Å². The molecule has 0 saturated heterocycles. The molecule has 1 aromatic rings. The van der Waals surface area contributed by atoms with Gasteiger partial charge in [-0.2, -0.15) is 0 Å². The molecule has 7 heteroatoms. The quantitative estimate of drug-likeness (QED) is 0.747. The topological polar surface area (TPSA) is 72.5 Å². The fourth-order valence-corrected chi connectivity index (χ4v) is 2.94. The van der Waals surface area contributed by atoms with Gasteiger partial charge in [0, 0.05) is 10.5 Å². The van der Waals surface area contributed by atoms with Crippen LogP contribution < -0.4 is 10.5 Å². The van der Waals surface area contributed by atoms with E-state index in [1.165, 1.54) is 11.8 Å². The minimum atomic E-state index is -1.02. The second-order valence-electron chi connectivity index (χ2n) is 4.67. The van der Waals surface area contributed by atoms with Gasteiger partial charge in [-0.3, -0.25) is 4.79 Å². The molecule has 1 aromatic carbocycles. The van der Waals surface area contributed by atoms with E-state index in [-0.39, 0.29) is 0 Å². The predicted octanol–water partition coefficient (Wildman–Crippen LogP) is 3.30. The number of halogens is 2. The Morgan fingerprint density at radius 3 is 2.50 bits per heavy atom. The molecule has 0 radical (unpaired) electrons. The van der Waals surface area contributed by atoms with Gasteiger partial charge in [-0.1, -0.05) is 29.3 Å². The van der Waals surface area contributed by atoms with Gasteiger partial charge in [-0.05, 0) is 26.0 Å². The number of rotatable bonds is 7. The number of benzene rings is 1. The van der Waals surface area contributed by atoms with Gasteiger partial charge < -0.3 is 15.6 Å². The first-order valence-corrected chi connectivity index (χ1v) is 7.69. The fraction of sp³-hybridized carbons (Fsp3) is 0.462. The lowest BCUT2D eigenvalue weighted by Gasteiger charge is -2.27. The molecular formula is C13H17Cl2NO3S. The highest BCUT2D eigenvalue weighted by Gasteiger charge is 2.32. The molecule has 112 valence electrons. The SMILES string of the molecule is CC(C)(SCCOc1c(Cl)cccc1Cl)[C@@H](N)C(=O)O. The van der Waals surface area contributed by atoms with Crippen LogP contribution in [0.1, 0.15) is 13.8 Å². The van der Waals surface area contributed by atoms with Gasteiger partial charge in [-0.25, -0.2) is 0 Å². The maximum Gasteiger partial charge on any atom is 0.321 e. The summed E-state index contributed by atoms with van der Waals surface area (Å²) < 4.78 is 4.95. The Morgan fingerprint density at radius 2 is 2.00 bits per heavy atom. The Morgan fingerprint density at radius 1 is 1.45 bits per heavy atom. The van der Waals surface area contributed by atoms with Crippen molar-refractivity contribution in [2.45, 2.75) is 24.6 Å². The van der Waals surface area contributed by atoms with Crippen LogP contribution in [0.15, 0.2) is 18.2 Å². The number of carboxylic acids is 1. The van der Waals surface area contributed by atoms with E-state index in [9.17, 15) is 4.79 Å². The molecule has 1 rings (SSSR count). The van der Waals surface area contributed by atoms with Gasteiger partial charge in [0.15, 0.2) is 5.75 Å². The van der Waals surface area contributed by atoms with Gasteiger partial charge in [0.2, 0.25) is 0 Å². The lowest BCUT2D eigenvalue weighted by molar-refractivity contribution is -0.139. The Bertz CT molecular complexity index is 462. The maximum atomic E-state index is 10.9. The standard InChI is InChI=1S/C13H17Cl2NO3S/c1-13(2,11(16)12(17)18)20-7-6-19-10-8(14)4-3-5-9(10)15/h3-5,11H,6-7,16H2,1-2H3,(H,17,18)/t11-/m0/s1. The van der Waals surface area contributed by atoms with Gasteiger partial charge in [0.25, 0.3) is 0 Å². The minimum Gasteiger partial charge on any atom is -0.490 e. The summed E-state index contributed by atoms with van der Waals surface area (Å²) in [6.45, 7) is 3.95. The van der Waals surface area contributed by atoms with Crippen LogP contribution in [0.2, 0.25) is 10.0 Å². The van der Waals surface area contributed by atoms with Crippen LogP contribution in [0.5, 0.6) is 5.75 Å². The monoisotopic (exact) mass is 337 g/mol. The Labute approximate surface area is 132 Å². The molecule has 20 heavy (non-hydrogen) atoms. The summed E-state index contributed by atoms with van der Waals surface area (Å²) in [6.07, 6.45) is 0. The third-order valence-electron chi connectivity index (χ3n) is 2.74. The van der Waals surface area contributed by atoms with Crippen molar-refractivity contribution in [3.8, 4) is 5.75 Å². The molecule has 0 heterocycles. The summed E-state index contributed by atoms with van der Waals surface area (Å²) in [6, 6.07) is 4.19. The molecule has 0 aliphatic heterocycles. The molecule has 0 aliphatic rings. The highest BCUT2D eigenvalue weighted by molar-refractivity contribution is 8.00. The van der Waals surface area contributed by atoms with Crippen molar-refractivity contribution in [2.24, 2.45) is 5.73 Å². The number of ether oxygens (including phenoxy) is 1. The average molecular weight is 338 g/mol. The van der Waals surface area contributed by atoms with E-state index in [4.69, 9.17) is 38.8 Å². The molecule has 0 fully saturated rings. The van der Waals surface area contributed by atoms with Crippen LogP contribution in [0, 0.1) is 0 Å². The van der Waals surface area contributed by atoms with Crippen LogP contribution in [0.25, 0.3) is 0 Å². The van der Waals surface area contributed by atoms with Crippen molar-refractivity contribution in [3.05, 3.63) is 28.2 Å². The molecular weight excluding hydrogens is 321 g/mol. The first kappa shape index (κ1) is 17.4. The number of nitrogens with two attached hydrogens (primary N) is 1. The number of hydrogen-bond acceptors (Lipinski definition) is 4. The number of carbonyl (C=O) groups is 1. The highest BCUT2D eigenvalue weighted by Crippen LogP contribution is 2.33. The number of carboxylic acid groups (broad SMARTS) is 1. The van der Waals surface area contributed by atoms with Gasteiger partial charge in [0.1, 0.15) is 6.04 Å². The van der Waals surface area contributed by atoms with E-state index in [1.54, 1.807) is 32.0 Å². The van der Waals surface area contributed by atoms with E-state index in [0.717, 1.165) is 0 Å². The average Bonchev–Trinajstić information content (AvgIpc) is 2.36. The molecule has 0 spiro atoms. The summed E-state index contributed by atoms with van der Waals surface area (Å²) in [4.78, 5) is 10.9. The molecule has 0 aliphatic carbocycles. The van der Waals surface area contributed by atoms with Crippen molar-refractivity contribution in [2.75, 3.05) is 12.4 Å². The van der Waals surface area contributed by atoms with Crippen molar-refractivity contribution in [1.82, 2.24) is 0 Å². The first-order valence-electron chi connectivity index (χ1n) is 5.95. The zero-order valence-corrected chi connectivity index (χ0v) is 13.6. The molecule has 0 aromatic heterocycles. The van der Waals surface area contributed by atoms with E-state index >= 15 is 0 Å². The van der Waals surface area contributed by atoms with Crippen LogP contribution in [-0.2, 0) is 4.79 Å². The van der Waals surface area contributed by atoms with Crippen molar-refractivity contribution >= 4 is 40.9 Å². The van der Waals surface area contributed by atoms with Crippen molar-refractivity contribution in [1.29, 1.82) is 0 Å². The highest BCUT2D eigenvalue weighted by atomic mass is 35.5. The summed E-state index contributed by atoms with van der Waals surface area (Å²) in [5.74, 6) is 0.00421. The second-order valence-corrected chi connectivity index (χ2v) is 7.23. The Kier molecular flexibility index (Phi) is 6.45. The maximum absolute atomic E-state index is 10.9. The predicted molar refractivity (Wildman–Crippen MR) is 84.1 cm³/mol. The normalized spacial score (nSPS) is 13.1. The van der Waals surface area contributed by atoms with Gasteiger partial charge in [0.05, 0.1) is 16.7 Å². The van der Waals surface area contributed by atoms with Crippen molar-refractivity contribution in [3.63, 3.8) is 0 Å². The zero-order chi connectivity index (χ0) is 15.3. The largest absolute Gasteiger partial charge is 0.490 e. The van der Waals surface area contributed by atoms with Crippen LogP contribution in [-0.4, -0.2) is 34.2 Å². The first-order chi connectivity index (χ1) is 9.25. The molecule has 0 saturated carbocycles. The summed E-state index contributed by atoms with van der Waals surface area (Å²) in [5.41, 5.74) is 5.63. The lowest BCUT2D eigenvalue weighted by Crippen LogP contribution is -2.47. The van der Waals surface area contributed by atoms with Crippen molar-refractivity contribution < 1.29 is 14.6 Å². The lowest BCUT2D eigenvalue weighted by atomic mass is 10.1. The van der Waals surface area contributed by atoms with Crippen LogP contribution in [0.3, 0.4) is 0 Å². The third kappa shape index (κ3) is 4.74. The Hall–Kier alpha value is -0.620. The fourth-order valence-electron chi connectivity index (χ4n) is 1.46. The summed E-state index contributed by atoms with van der Waals surface area (Å²) >= 11 is 13.4. The molecule has 4 nitrogen and oxygen atoms in total. The summed E-state index contributed by atoms with van der Waals surface area (Å²) in [7, 11) is 0. The van der Waals surface area contributed by atoms with Gasteiger partial charge in [-0.15, -0.1) is 11.8 Å². The second kappa shape index (κ2) is 7.41. The number of hydrogen-bond donors (Lipinski definition) is 2. The minimum absolute atomic E-state index is 0.365. The molecule has 0 unspecified atom stereocenters. The molecule has 1 atom stereocenters. The van der Waals surface area contributed by atoms with E-state index < -0.39 is 16.8 Å². The zero-order valence-electron chi connectivity index (χ0n) is 11.2. The number of para-hydroxylation sites is 1. The Balaban J connectivity index is 2.48. The number of thioether (sulfide) groups is 1. The number of aliphatic carboxylic acids is 1. The molecule has 3 N–H and O–H groups in total.